The molecule has 1 atom stereocenters. The third kappa shape index (κ3) is 4.52. The van der Waals surface area contributed by atoms with E-state index >= 15 is 0 Å². The number of carbonyl (C=O) groups is 2. The summed E-state index contributed by atoms with van der Waals surface area (Å²) in [4.78, 5) is 28.9. The molecule has 0 saturated carbocycles. The first-order chi connectivity index (χ1) is 13.0. The minimum absolute atomic E-state index is 0.0790. The predicted octanol–water partition coefficient (Wildman–Crippen LogP) is 3.41. The lowest BCUT2D eigenvalue weighted by Crippen LogP contribution is -2.45. The lowest BCUT2D eigenvalue weighted by molar-refractivity contribution is -0.120. The van der Waals surface area contributed by atoms with Gasteiger partial charge in [0.15, 0.2) is 0 Å². The van der Waals surface area contributed by atoms with Crippen molar-refractivity contribution in [1.82, 2.24) is 4.90 Å². The van der Waals surface area contributed by atoms with Gasteiger partial charge < -0.3 is 10.2 Å². The van der Waals surface area contributed by atoms with Gasteiger partial charge in [-0.3, -0.25) is 14.5 Å². The summed E-state index contributed by atoms with van der Waals surface area (Å²) in [6, 6.07) is 13.5. The molecule has 1 unspecified atom stereocenters. The largest absolute Gasteiger partial charge is 0.324 e. The molecule has 1 N–H and O–H groups in total. The first kappa shape index (κ1) is 19.0. The van der Waals surface area contributed by atoms with E-state index in [4.69, 9.17) is 0 Å². The zero-order valence-corrected chi connectivity index (χ0v) is 15.6. The van der Waals surface area contributed by atoms with Crippen LogP contribution in [0.5, 0.6) is 0 Å². The molecule has 2 aromatic rings. The van der Waals surface area contributed by atoms with Crippen LogP contribution in [0.2, 0.25) is 0 Å². The van der Waals surface area contributed by atoms with Gasteiger partial charge in [-0.1, -0.05) is 31.2 Å². The van der Waals surface area contributed by atoms with Crippen LogP contribution in [0.15, 0.2) is 48.5 Å². The molecule has 0 aliphatic carbocycles. The molecule has 0 spiro atoms. The van der Waals surface area contributed by atoms with Crippen LogP contribution in [0, 0.1) is 5.82 Å². The van der Waals surface area contributed by atoms with Gasteiger partial charge in [0.2, 0.25) is 11.8 Å². The van der Waals surface area contributed by atoms with Gasteiger partial charge in [-0.15, -0.1) is 0 Å². The second-order valence-corrected chi connectivity index (χ2v) is 6.82. The van der Waals surface area contributed by atoms with Crippen LogP contribution in [0.1, 0.15) is 25.8 Å². The summed E-state index contributed by atoms with van der Waals surface area (Å²) in [6.07, 6.45) is 0.246. The molecule has 2 amide bonds. The maximum atomic E-state index is 13.4. The Kier molecular flexibility index (Phi) is 5.86. The average Bonchev–Trinajstić information content (AvgIpc) is 2.75. The molecule has 2 aromatic carbocycles. The number of rotatable bonds is 5. The number of nitrogens with zero attached hydrogens (tertiary/aromatic N) is 2. The van der Waals surface area contributed by atoms with Gasteiger partial charge in [0, 0.05) is 19.0 Å². The minimum Gasteiger partial charge on any atom is -0.324 e. The summed E-state index contributed by atoms with van der Waals surface area (Å²) >= 11 is 0. The van der Waals surface area contributed by atoms with E-state index in [1.54, 1.807) is 17.0 Å². The lowest BCUT2D eigenvalue weighted by atomic mass is 10.1. The molecule has 1 aliphatic heterocycles. The molecule has 0 saturated heterocycles. The van der Waals surface area contributed by atoms with Crippen molar-refractivity contribution in [2.75, 3.05) is 23.3 Å². The summed E-state index contributed by atoms with van der Waals surface area (Å²) in [5.41, 5.74) is 2.18. The molecule has 6 heteroatoms. The van der Waals surface area contributed by atoms with E-state index in [0.717, 1.165) is 5.56 Å². The molecular weight excluding hydrogens is 345 g/mol. The molecule has 0 bridgehead atoms. The summed E-state index contributed by atoms with van der Waals surface area (Å²) in [5, 5.41) is 2.86. The highest BCUT2D eigenvalue weighted by molar-refractivity contribution is 6.04. The molecule has 0 aromatic heterocycles. The Morgan fingerprint density at radius 3 is 2.78 bits per heavy atom. The molecule has 0 radical (unpaired) electrons. The molecule has 5 nitrogen and oxygen atoms in total. The highest BCUT2D eigenvalue weighted by atomic mass is 19.1. The van der Waals surface area contributed by atoms with Crippen LogP contribution in [-0.2, 0) is 16.1 Å². The summed E-state index contributed by atoms with van der Waals surface area (Å²) in [5.74, 6) is -0.461. The minimum atomic E-state index is -0.283. The Hall–Kier alpha value is -2.73. The van der Waals surface area contributed by atoms with Crippen molar-refractivity contribution in [2.45, 2.75) is 32.9 Å². The zero-order chi connectivity index (χ0) is 19.4. The molecule has 1 heterocycles. The fourth-order valence-electron chi connectivity index (χ4n) is 3.41. The molecule has 0 fully saturated rings. The van der Waals surface area contributed by atoms with E-state index in [9.17, 15) is 14.0 Å². The predicted molar refractivity (Wildman–Crippen MR) is 104 cm³/mol. The van der Waals surface area contributed by atoms with Gasteiger partial charge >= 0.3 is 0 Å². The van der Waals surface area contributed by atoms with Crippen LogP contribution in [-0.4, -0.2) is 35.8 Å². The van der Waals surface area contributed by atoms with Gasteiger partial charge in [0.05, 0.1) is 17.9 Å². The quantitative estimate of drug-likeness (QED) is 0.879. The van der Waals surface area contributed by atoms with E-state index in [0.29, 0.717) is 24.5 Å². The second kappa shape index (κ2) is 8.31. The number of nitrogens with one attached hydrogen (secondary N) is 1. The Bertz CT molecular complexity index is 840. The summed E-state index contributed by atoms with van der Waals surface area (Å²) in [6.45, 7) is 5.18. The van der Waals surface area contributed by atoms with E-state index in [2.05, 4.69) is 5.32 Å². The average molecular weight is 369 g/mol. The molecule has 142 valence electrons. The SMILES string of the molecule is CCN(CC(=O)N1c2ccccc2NC(=O)CC1C)Cc1cccc(F)c1. The van der Waals surface area contributed by atoms with E-state index in [1.807, 2.05) is 43.0 Å². The van der Waals surface area contributed by atoms with E-state index < -0.39 is 0 Å². The van der Waals surface area contributed by atoms with E-state index in [1.165, 1.54) is 12.1 Å². The number of fused-ring (bicyclic) bond motifs is 1. The van der Waals surface area contributed by atoms with Gasteiger partial charge in [-0.05, 0) is 43.3 Å². The number of hydrogen-bond acceptors (Lipinski definition) is 3. The van der Waals surface area contributed by atoms with Gasteiger partial charge in [0.1, 0.15) is 5.82 Å². The van der Waals surface area contributed by atoms with Crippen molar-refractivity contribution < 1.29 is 14.0 Å². The number of amides is 2. The fourth-order valence-corrected chi connectivity index (χ4v) is 3.41. The number of para-hydroxylation sites is 2. The van der Waals surface area contributed by atoms with Crippen molar-refractivity contribution in [3.05, 3.63) is 59.9 Å². The molecule has 1 aliphatic rings. The Morgan fingerprint density at radius 1 is 1.26 bits per heavy atom. The van der Waals surface area contributed by atoms with Crippen LogP contribution in [0.25, 0.3) is 0 Å². The fraction of sp³-hybridized carbons (Fsp3) is 0.333. The van der Waals surface area contributed by atoms with Gasteiger partial charge in [-0.25, -0.2) is 4.39 Å². The molecular formula is C21H24FN3O2. The number of hydrogen-bond donors (Lipinski definition) is 1. The van der Waals surface area contributed by atoms with Crippen LogP contribution >= 0.6 is 0 Å². The van der Waals surface area contributed by atoms with Crippen molar-refractivity contribution in [3.8, 4) is 0 Å². The number of likely N-dealkylation sites (N-methyl/N-ethyl adjacent to an activating group) is 1. The first-order valence-electron chi connectivity index (χ1n) is 9.15. The van der Waals surface area contributed by atoms with Crippen molar-refractivity contribution >= 4 is 23.2 Å². The maximum Gasteiger partial charge on any atom is 0.241 e. The van der Waals surface area contributed by atoms with Crippen molar-refractivity contribution in [3.63, 3.8) is 0 Å². The highest BCUT2D eigenvalue weighted by Gasteiger charge is 2.30. The summed E-state index contributed by atoms with van der Waals surface area (Å²) < 4.78 is 13.4. The second-order valence-electron chi connectivity index (χ2n) is 6.82. The van der Waals surface area contributed by atoms with Gasteiger partial charge in [0.25, 0.3) is 0 Å². The third-order valence-corrected chi connectivity index (χ3v) is 4.73. The zero-order valence-electron chi connectivity index (χ0n) is 15.6. The standard InChI is InChI=1S/C21H24FN3O2/c1-3-24(13-16-7-6-8-17(22)12-16)14-21(27)25-15(2)11-20(26)23-18-9-4-5-10-19(18)25/h4-10,12,15H,3,11,13-14H2,1-2H3,(H,23,26). The Morgan fingerprint density at radius 2 is 2.04 bits per heavy atom. The van der Waals surface area contributed by atoms with E-state index in [-0.39, 0.29) is 36.6 Å². The monoisotopic (exact) mass is 369 g/mol. The maximum absolute atomic E-state index is 13.4. The third-order valence-electron chi connectivity index (χ3n) is 4.73. The number of anilines is 2. The van der Waals surface area contributed by atoms with Crippen molar-refractivity contribution in [1.29, 1.82) is 0 Å². The topological polar surface area (TPSA) is 52.7 Å². The molecule has 27 heavy (non-hydrogen) atoms. The highest BCUT2D eigenvalue weighted by Crippen LogP contribution is 2.31. The van der Waals surface area contributed by atoms with Crippen LogP contribution < -0.4 is 10.2 Å². The van der Waals surface area contributed by atoms with Crippen molar-refractivity contribution in [2.24, 2.45) is 0 Å². The lowest BCUT2D eigenvalue weighted by Gasteiger charge is -2.30. The number of carbonyl (C=O) groups excluding carboxylic acids is 2. The normalized spacial score (nSPS) is 16.7. The summed E-state index contributed by atoms with van der Waals surface area (Å²) in [7, 11) is 0. The van der Waals surface area contributed by atoms with Gasteiger partial charge in [-0.2, -0.15) is 0 Å². The number of benzene rings is 2. The number of halogens is 1. The molecule has 3 rings (SSSR count). The smallest absolute Gasteiger partial charge is 0.241 e. The van der Waals surface area contributed by atoms with Crippen LogP contribution in [0.4, 0.5) is 15.8 Å². The Balaban J connectivity index is 1.80. The Labute approximate surface area is 158 Å². The van der Waals surface area contributed by atoms with Crippen LogP contribution in [0.3, 0.4) is 0 Å². The first-order valence-corrected chi connectivity index (χ1v) is 9.15.